The molecule has 0 aliphatic rings. The Balaban J connectivity index is 2.39. The molecule has 0 spiro atoms. The van der Waals surface area contributed by atoms with Crippen molar-refractivity contribution in [1.82, 2.24) is 0 Å². The fraction of sp³-hybridized carbons (Fsp3) is 0.133. The minimum Gasteiger partial charge on any atom is -0.309 e. The molecule has 0 N–H and O–H groups in total. The molecular formula is C15H14BrNOS. The van der Waals surface area contributed by atoms with Gasteiger partial charge in [-0.15, -0.1) is 12.6 Å². The number of amides is 1. The molecule has 0 radical (unpaired) electrons. The van der Waals surface area contributed by atoms with Gasteiger partial charge in [-0.2, -0.15) is 0 Å². The second-order valence-corrected chi connectivity index (χ2v) is 5.42. The quantitative estimate of drug-likeness (QED) is 0.824. The van der Waals surface area contributed by atoms with E-state index < -0.39 is 0 Å². The van der Waals surface area contributed by atoms with E-state index in [0.29, 0.717) is 12.1 Å². The summed E-state index contributed by atoms with van der Waals surface area (Å²) in [6.45, 7) is 2.58. The van der Waals surface area contributed by atoms with Crippen molar-refractivity contribution in [2.75, 3.05) is 11.4 Å². The Morgan fingerprint density at radius 1 is 1.21 bits per heavy atom. The molecule has 0 unspecified atom stereocenters. The molecule has 0 saturated heterocycles. The van der Waals surface area contributed by atoms with Crippen LogP contribution in [0.15, 0.2) is 57.9 Å². The minimum atomic E-state index is -0.0310. The van der Waals surface area contributed by atoms with Crippen molar-refractivity contribution in [3.8, 4) is 0 Å². The summed E-state index contributed by atoms with van der Waals surface area (Å²) in [5.41, 5.74) is 1.52. The lowest BCUT2D eigenvalue weighted by atomic mass is 10.2. The molecule has 19 heavy (non-hydrogen) atoms. The van der Waals surface area contributed by atoms with Crippen LogP contribution in [0.1, 0.15) is 17.3 Å². The smallest absolute Gasteiger partial charge is 0.259 e. The molecule has 2 rings (SSSR count). The Kier molecular flexibility index (Phi) is 4.66. The zero-order valence-electron chi connectivity index (χ0n) is 10.5. The number of nitrogens with zero attached hydrogens (tertiary/aromatic N) is 1. The molecule has 0 fully saturated rings. The van der Waals surface area contributed by atoms with E-state index in [9.17, 15) is 4.79 Å². The first-order valence-corrected chi connectivity index (χ1v) is 7.23. The van der Waals surface area contributed by atoms with Crippen LogP contribution in [0.4, 0.5) is 5.69 Å². The van der Waals surface area contributed by atoms with Crippen LogP contribution in [-0.4, -0.2) is 12.5 Å². The number of benzene rings is 2. The van der Waals surface area contributed by atoms with Crippen molar-refractivity contribution in [3.05, 3.63) is 58.6 Å². The lowest BCUT2D eigenvalue weighted by Gasteiger charge is -2.21. The van der Waals surface area contributed by atoms with Crippen LogP contribution in [0.2, 0.25) is 0 Å². The van der Waals surface area contributed by atoms with Crippen LogP contribution in [0.25, 0.3) is 0 Å². The average Bonchev–Trinajstić information content (AvgIpc) is 2.43. The molecule has 2 aromatic rings. The highest BCUT2D eigenvalue weighted by molar-refractivity contribution is 9.10. The van der Waals surface area contributed by atoms with E-state index in [4.69, 9.17) is 0 Å². The third-order valence-corrected chi connectivity index (χ3v) is 3.78. The summed E-state index contributed by atoms with van der Waals surface area (Å²) in [5.74, 6) is -0.0310. The van der Waals surface area contributed by atoms with Gasteiger partial charge < -0.3 is 4.90 Å². The lowest BCUT2D eigenvalue weighted by molar-refractivity contribution is 0.0987. The molecule has 4 heteroatoms. The summed E-state index contributed by atoms with van der Waals surface area (Å²) in [5, 5.41) is 0. The number of carbonyl (C=O) groups is 1. The topological polar surface area (TPSA) is 20.3 Å². The molecule has 0 atom stereocenters. The highest BCUT2D eigenvalue weighted by Crippen LogP contribution is 2.24. The van der Waals surface area contributed by atoms with Crippen molar-refractivity contribution in [3.63, 3.8) is 0 Å². The summed E-state index contributed by atoms with van der Waals surface area (Å²) in [6.07, 6.45) is 0. The first-order chi connectivity index (χ1) is 9.13. The van der Waals surface area contributed by atoms with Gasteiger partial charge in [-0.05, 0) is 53.2 Å². The monoisotopic (exact) mass is 335 g/mol. The second kappa shape index (κ2) is 6.26. The molecule has 2 nitrogen and oxygen atoms in total. The summed E-state index contributed by atoms with van der Waals surface area (Å²) < 4.78 is 0.782. The molecule has 1 amide bonds. The number of hydrogen-bond donors (Lipinski definition) is 1. The first kappa shape index (κ1) is 14.2. The summed E-state index contributed by atoms with van der Waals surface area (Å²) >= 11 is 7.71. The van der Waals surface area contributed by atoms with Crippen LogP contribution < -0.4 is 4.90 Å². The van der Waals surface area contributed by atoms with Gasteiger partial charge in [0.05, 0.1) is 5.56 Å². The van der Waals surface area contributed by atoms with Crippen molar-refractivity contribution in [2.24, 2.45) is 0 Å². The molecule has 0 aliphatic carbocycles. The Labute approximate surface area is 127 Å². The van der Waals surface area contributed by atoms with Gasteiger partial charge in [-0.25, -0.2) is 0 Å². The van der Waals surface area contributed by atoms with Crippen molar-refractivity contribution < 1.29 is 4.79 Å². The Morgan fingerprint density at radius 3 is 2.53 bits per heavy atom. The van der Waals surface area contributed by atoms with Crippen LogP contribution in [0, 0.1) is 0 Å². The SMILES string of the molecule is CCN(C(=O)c1cc(S)ccc1Br)c1ccccc1. The van der Waals surface area contributed by atoms with E-state index in [1.165, 1.54) is 0 Å². The third-order valence-electron chi connectivity index (χ3n) is 2.81. The van der Waals surface area contributed by atoms with Gasteiger partial charge in [0.15, 0.2) is 0 Å². The first-order valence-electron chi connectivity index (χ1n) is 5.99. The molecule has 0 heterocycles. The highest BCUT2D eigenvalue weighted by atomic mass is 79.9. The Morgan fingerprint density at radius 2 is 1.89 bits per heavy atom. The van der Waals surface area contributed by atoms with E-state index >= 15 is 0 Å². The number of halogens is 1. The molecule has 0 aromatic heterocycles. The fourth-order valence-corrected chi connectivity index (χ4v) is 2.49. The predicted octanol–water partition coefficient (Wildman–Crippen LogP) is 4.40. The zero-order valence-corrected chi connectivity index (χ0v) is 13.0. The maximum atomic E-state index is 12.6. The van der Waals surface area contributed by atoms with Gasteiger partial charge in [0.2, 0.25) is 0 Å². The van der Waals surface area contributed by atoms with Crippen LogP contribution in [0.5, 0.6) is 0 Å². The molecular weight excluding hydrogens is 322 g/mol. The van der Waals surface area contributed by atoms with Gasteiger partial charge in [-0.1, -0.05) is 18.2 Å². The number of carbonyl (C=O) groups excluding carboxylic acids is 1. The molecule has 98 valence electrons. The Hall–Kier alpha value is -1.26. The standard InChI is InChI=1S/C15H14BrNOS/c1-2-17(11-6-4-3-5-7-11)15(18)13-10-12(19)8-9-14(13)16/h3-10,19H,2H2,1H3. The third kappa shape index (κ3) is 3.19. The molecule has 0 aliphatic heterocycles. The zero-order chi connectivity index (χ0) is 13.8. The molecule has 0 saturated carbocycles. The van der Waals surface area contributed by atoms with Gasteiger partial charge in [0.25, 0.3) is 5.91 Å². The van der Waals surface area contributed by atoms with E-state index in [1.807, 2.05) is 49.4 Å². The van der Waals surface area contributed by atoms with Gasteiger partial charge in [0.1, 0.15) is 0 Å². The molecule has 2 aromatic carbocycles. The van der Waals surface area contributed by atoms with E-state index in [0.717, 1.165) is 15.1 Å². The van der Waals surface area contributed by atoms with Crippen LogP contribution >= 0.6 is 28.6 Å². The van der Waals surface area contributed by atoms with Crippen molar-refractivity contribution >= 4 is 40.2 Å². The lowest BCUT2D eigenvalue weighted by Crippen LogP contribution is -2.30. The summed E-state index contributed by atoms with van der Waals surface area (Å²) in [7, 11) is 0. The summed E-state index contributed by atoms with van der Waals surface area (Å²) in [4.78, 5) is 15.1. The predicted molar refractivity (Wildman–Crippen MR) is 85.2 cm³/mol. The average molecular weight is 336 g/mol. The number of rotatable bonds is 3. The van der Waals surface area contributed by atoms with Gasteiger partial charge >= 0.3 is 0 Å². The van der Waals surface area contributed by atoms with Crippen molar-refractivity contribution in [2.45, 2.75) is 11.8 Å². The van der Waals surface area contributed by atoms with E-state index in [2.05, 4.69) is 28.6 Å². The maximum absolute atomic E-state index is 12.6. The maximum Gasteiger partial charge on any atom is 0.259 e. The van der Waals surface area contributed by atoms with Gasteiger partial charge in [0, 0.05) is 21.6 Å². The van der Waals surface area contributed by atoms with E-state index in [1.54, 1.807) is 11.0 Å². The second-order valence-electron chi connectivity index (χ2n) is 4.05. The van der Waals surface area contributed by atoms with Crippen molar-refractivity contribution in [1.29, 1.82) is 0 Å². The molecule has 0 bridgehead atoms. The van der Waals surface area contributed by atoms with Crippen LogP contribution in [-0.2, 0) is 0 Å². The number of thiol groups is 1. The summed E-state index contributed by atoms with van der Waals surface area (Å²) in [6, 6.07) is 15.1. The van der Waals surface area contributed by atoms with E-state index in [-0.39, 0.29) is 5.91 Å². The number of para-hydroxylation sites is 1. The number of anilines is 1. The largest absolute Gasteiger partial charge is 0.309 e. The fourth-order valence-electron chi connectivity index (χ4n) is 1.87. The highest BCUT2D eigenvalue weighted by Gasteiger charge is 2.18. The normalized spacial score (nSPS) is 10.3. The van der Waals surface area contributed by atoms with Gasteiger partial charge in [-0.3, -0.25) is 4.79 Å². The number of hydrogen-bond acceptors (Lipinski definition) is 2. The van der Waals surface area contributed by atoms with Crippen LogP contribution in [0.3, 0.4) is 0 Å². The Bertz CT molecular complexity index is 586. The minimum absolute atomic E-state index is 0.0310.